The molecule has 5 rings (SSSR count). The van der Waals surface area contributed by atoms with Crippen LogP contribution in [-0.4, -0.2) is 11.3 Å². The average molecular weight is 659 g/mol. The van der Waals surface area contributed by atoms with Crippen LogP contribution in [0.2, 0.25) is 19.6 Å². The van der Waals surface area contributed by atoms with Crippen LogP contribution in [-0.2, 0) is 41.5 Å². The molecule has 0 amide bonds. The molecule has 0 nitrogen and oxygen atoms in total. The van der Waals surface area contributed by atoms with Gasteiger partial charge in [0.1, 0.15) is 0 Å². The fraction of sp³-hybridized carbons (Fsp3) is 0.514. The van der Waals surface area contributed by atoms with Crippen molar-refractivity contribution in [3.05, 3.63) is 82.1 Å². The molecular weight excluding hydrogens is 611 g/mol. The Bertz CT molecular complexity index is 1100. The first-order valence-corrected chi connectivity index (χ1v) is 18.9. The van der Waals surface area contributed by atoms with Gasteiger partial charge in [-0.2, -0.15) is 35.4 Å². The second-order valence-electron chi connectivity index (χ2n) is 14.0. The number of hydrogen-bond acceptors (Lipinski definition) is 0. The Kier molecular flexibility index (Phi) is 14.1. The predicted molar refractivity (Wildman–Crippen MR) is 163 cm³/mol. The van der Waals surface area contributed by atoms with Crippen molar-refractivity contribution in [3.63, 3.8) is 0 Å². The van der Waals surface area contributed by atoms with E-state index in [-0.39, 0.29) is 35.6 Å². The molecule has 4 heteroatoms. The van der Waals surface area contributed by atoms with Crippen molar-refractivity contribution in [1.82, 2.24) is 0 Å². The molecule has 0 unspecified atom stereocenters. The number of rotatable bonds is 1. The maximum atomic E-state index is 3.53. The summed E-state index contributed by atoms with van der Waals surface area (Å²) >= 11 is 1.69. The summed E-state index contributed by atoms with van der Waals surface area (Å²) in [6.07, 6.45) is 17.0. The average Bonchev–Trinajstić information content (AvgIpc) is 3.47. The first kappa shape index (κ1) is 36.5. The van der Waals surface area contributed by atoms with E-state index in [0.717, 1.165) is 12.8 Å². The Labute approximate surface area is 268 Å². The summed E-state index contributed by atoms with van der Waals surface area (Å²) in [4.78, 5) is 0. The zero-order valence-corrected chi connectivity index (χ0v) is 30.7. The molecule has 0 N–H and O–H groups in total. The van der Waals surface area contributed by atoms with Gasteiger partial charge in [0.2, 0.25) is 0 Å². The molecule has 2 aromatic rings. The van der Waals surface area contributed by atoms with Crippen LogP contribution in [0.3, 0.4) is 0 Å². The van der Waals surface area contributed by atoms with E-state index in [1.807, 2.05) is 0 Å². The van der Waals surface area contributed by atoms with Gasteiger partial charge in [-0.15, -0.1) is 12.0 Å². The van der Waals surface area contributed by atoms with Crippen LogP contribution in [0.15, 0.2) is 47.7 Å². The molecule has 0 saturated heterocycles. The van der Waals surface area contributed by atoms with Gasteiger partial charge in [0, 0.05) is 0 Å². The molecule has 0 spiro atoms. The summed E-state index contributed by atoms with van der Waals surface area (Å²) in [5, 5.41) is 1.56. The van der Waals surface area contributed by atoms with Crippen molar-refractivity contribution in [1.29, 1.82) is 0 Å². The molecule has 0 radical (unpaired) electrons. The Morgan fingerprint density at radius 3 is 1.82 bits per heavy atom. The zero-order chi connectivity index (χ0) is 27.4. The molecule has 1 fully saturated rings. The molecule has 3 aliphatic rings. The van der Waals surface area contributed by atoms with Crippen LogP contribution in [0.4, 0.5) is 0 Å². The van der Waals surface area contributed by atoms with Crippen LogP contribution in [0.1, 0.15) is 102 Å². The number of hydrogen-bond donors (Lipinski definition) is 0. The molecule has 0 atom stereocenters. The monoisotopic (exact) mass is 656 g/mol. The summed E-state index contributed by atoms with van der Waals surface area (Å²) < 4.78 is 1.80. The van der Waals surface area contributed by atoms with Gasteiger partial charge in [-0.25, -0.2) is 11.3 Å². The number of allylic oxidation sites excluding steroid dienone is 4. The second kappa shape index (κ2) is 15.1. The standard InChI is InChI=1S/C21H25.C8H13Si.C6H10.2ClH.Zr/c1-20(2,3)16-9-7-14-11-15-8-10-17(21(4,5)6)13-19(15)18(14)12-16;1-9(2,3)8-6-4-5-7-8;1-2-4-6-5-3-1;;;/h7,9-10,12-13H,11H2,1-6H3;6-7H,4H2,1-3H3;1-5H2;2*1H;/q2*-1;;;;+2/p-2. The Morgan fingerprint density at radius 2 is 1.38 bits per heavy atom. The molecule has 212 valence electrons. The van der Waals surface area contributed by atoms with Crippen LogP contribution in [0, 0.1) is 12.1 Å². The van der Waals surface area contributed by atoms with Gasteiger partial charge in [-0.05, 0) is 25.5 Å². The van der Waals surface area contributed by atoms with Crippen molar-refractivity contribution >= 4 is 11.3 Å². The van der Waals surface area contributed by atoms with Gasteiger partial charge < -0.3 is 24.8 Å². The third-order valence-electron chi connectivity index (χ3n) is 7.55. The molecule has 0 bridgehead atoms. The quantitative estimate of drug-likeness (QED) is 0.275. The molecular formula is C35H48Cl2SiZr-2. The molecule has 1 saturated carbocycles. The molecule has 39 heavy (non-hydrogen) atoms. The van der Waals surface area contributed by atoms with Gasteiger partial charge in [-0.3, -0.25) is 6.08 Å². The number of fused-ring (bicyclic) bond motifs is 3. The molecule has 0 heterocycles. The summed E-state index contributed by atoms with van der Waals surface area (Å²) in [5.41, 5.74) is 8.76. The van der Waals surface area contributed by atoms with Gasteiger partial charge in [0.15, 0.2) is 0 Å². The molecule has 0 aliphatic heterocycles. The van der Waals surface area contributed by atoms with Gasteiger partial charge in [0.05, 0.1) is 0 Å². The summed E-state index contributed by atoms with van der Waals surface area (Å²) in [6.45, 7) is 20.7. The Hall–Kier alpha value is -0.530. The van der Waals surface area contributed by atoms with E-state index in [0.29, 0.717) is 0 Å². The van der Waals surface area contributed by atoms with E-state index >= 15 is 0 Å². The van der Waals surface area contributed by atoms with Crippen LogP contribution < -0.4 is 24.8 Å². The minimum atomic E-state index is -0.981. The van der Waals surface area contributed by atoms with Gasteiger partial charge in [0.25, 0.3) is 0 Å². The van der Waals surface area contributed by atoms with Crippen LogP contribution in [0.5, 0.6) is 0 Å². The van der Waals surface area contributed by atoms with E-state index in [1.54, 1.807) is 32.6 Å². The van der Waals surface area contributed by atoms with E-state index < -0.39 is 8.07 Å². The van der Waals surface area contributed by atoms with E-state index in [9.17, 15) is 0 Å². The fourth-order valence-corrected chi connectivity index (χ4v) is 7.00. The molecule has 2 aromatic carbocycles. The van der Waals surface area contributed by atoms with Crippen molar-refractivity contribution in [2.45, 2.75) is 117 Å². The van der Waals surface area contributed by atoms with Crippen LogP contribution in [0.25, 0.3) is 11.1 Å². The van der Waals surface area contributed by atoms with Gasteiger partial charge >= 0.3 is 59.5 Å². The van der Waals surface area contributed by atoms with Crippen LogP contribution >= 0.6 is 0 Å². The normalized spacial score (nSPS) is 15.9. The number of halogens is 2. The third-order valence-corrected chi connectivity index (χ3v) is 10.9. The van der Waals surface area contributed by atoms with Crippen molar-refractivity contribution < 1.29 is 49.0 Å². The molecule has 3 aliphatic carbocycles. The van der Waals surface area contributed by atoms with Gasteiger partial charge in [-0.1, -0.05) is 95.9 Å². The van der Waals surface area contributed by atoms with Crippen molar-refractivity contribution in [3.8, 4) is 11.1 Å². The third kappa shape index (κ3) is 10.7. The topological polar surface area (TPSA) is 0 Å². The fourth-order valence-electron chi connectivity index (χ4n) is 4.88. The molecule has 0 aromatic heterocycles. The second-order valence-corrected chi connectivity index (χ2v) is 20.8. The summed E-state index contributed by atoms with van der Waals surface area (Å²) in [7, 11) is -0.981. The minimum absolute atomic E-state index is 0. The summed E-state index contributed by atoms with van der Waals surface area (Å²) in [6, 6.07) is 15.1. The Balaban J connectivity index is 0.000000350. The van der Waals surface area contributed by atoms with E-state index in [2.05, 4.69) is 116 Å². The van der Waals surface area contributed by atoms with Crippen molar-refractivity contribution in [2.24, 2.45) is 0 Å². The SMILES string of the molecule is CC(C)(C)c1c[c-]c2c(c1)-c1cc(C(C)(C)C)ccc1C2.C[Si](C)(C)C1=CC[C-]=C1.[Cl-].[Cl-].[Zr+2]=[C]1CCCCC1. The predicted octanol–water partition coefficient (Wildman–Crippen LogP) is 3.88. The van der Waals surface area contributed by atoms with E-state index in [1.165, 1.54) is 65.5 Å². The zero-order valence-electron chi connectivity index (χ0n) is 25.7. The number of benzene rings is 2. The Morgan fingerprint density at radius 1 is 0.795 bits per heavy atom. The van der Waals surface area contributed by atoms with E-state index in [4.69, 9.17) is 0 Å². The first-order chi connectivity index (χ1) is 17.2. The summed E-state index contributed by atoms with van der Waals surface area (Å²) in [5.74, 6) is 0. The van der Waals surface area contributed by atoms with Crippen molar-refractivity contribution in [2.75, 3.05) is 0 Å². The maximum absolute atomic E-state index is 3.53. The first-order valence-electron chi connectivity index (χ1n) is 14.2.